The number of β-amino-alcohol motifs (C(OH)–C–C–N with tert-alkyl or cyclic N) is 1. The number of likely N-dealkylation sites (tertiary alicyclic amines) is 1. The van der Waals surface area contributed by atoms with Crippen molar-refractivity contribution in [3.05, 3.63) is 142 Å². The van der Waals surface area contributed by atoms with Crippen LogP contribution < -0.4 is 26.6 Å². The van der Waals surface area contributed by atoms with Gasteiger partial charge in [0.2, 0.25) is 29.6 Å². The van der Waals surface area contributed by atoms with Gasteiger partial charge in [-0.05, 0) is 77.6 Å². The maximum atomic E-state index is 14.8. The summed E-state index contributed by atoms with van der Waals surface area (Å²) in [6, 6.07) is 26.6. The van der Waals surface area contributed by atoms with Gasteiger partial charge in [-0.25, -0.2) is 14.4 Å². The Balaban J connectivity index is 0.693. The summed E-state index contributed by atoms with van der Waals surface area (Å²) in [7, 11) is 0. The van der Waals surface area contributed by atoms with Crippen LogP contribution in [0.25, 0.3) is 10.4 Å². The minimum atomic E-state index is -0.982. The number of aliphatic hydroxyl groups excluding tert-OH is 1. The van der Waals surface area contributed by atoms with Gasteiger partial charge in [-0.3, -0.25) is 28.9 Å². The monoisotopic (exact) mass is 1120 g/mol. The van der Waals surface area contributed by atoms with Crippen molar-refractivity contribution < 1.29 is 42.9 Å². The first-order chi connectivity index (χ1) is 38.0. The van der Waals surface area contributed by atoms with Gasteiger partial charge in [-0.2, -0.15) is 4.98 Å². The molecule has 0 spiro atoms. The smallest absolute Gasteiger partial charge is 0.255 e. The van der Waals surface area contributed by atoms with Gasteiger partial charge in [0.05, 0.1) is 65.3 Å². The molecule has 2 fully saturated rings. The highest BCUT2D eigenvalue weighted by molar-refractivity contribution is 7.13. The summed E-state index contributed by atoms with van der Waals surface area (Å²) in [5.74, 6) is -2.24. The molecule has 2 aliphatic rings. The van der Waals surface area contributed by atoms with Crippen LogP contribution in [-0.2, 0) is 41.6 Å². The van der Waals surface area contributed by atoms with Crippen molar-refractivity contribution in [1.29, 1.82) is 0 Å². The van der Waals surface area contributed by atoms with Gasteiger partial charge < -0.3 is 51.0 Å². The lowest BCUT2D eigenvalue weighted by Gasteiger charge is -2.35. The highest BCUT2D eigenvalue weighted by Crippen LogP contribution is 2.29. The number of carbonyl (C=O) groups is 5. The number of benzene rings is 4. The number of aliphatic hydroxyl groups is 1. The maximum Gasteiger partial charge on any atom is 0.255 e. The summed E-state index contributed by atoms with van der Waals surface area (Å²) >= 11 is 7.73. The van der Waals surface area contributed by atoms with E-state index in [1.54, 1.807) is 77.5 Å². The number of thiazole rings is 1. The fraction of sp³-hybridized carbons (Fsp3) is 0.368. The second-order valence-corrected chi connectivity index (χ2v) is 21.6. The Hall–Kier alpha value is -7.40. The van der Waals surface area contributed by atoms with Crippen molar-refractivity contribution in [2.75, 3.05) is 81.6 Å². The zero-order valence-electron chi connectivity index (χ0n) is 44.5. The predicted octanol–water partition coefficient (Wildman–Crippen LogP) is 6.97. The van der Waals surface area contributed by atoms with Crippen LogP contribution in [-0.4, -0.2) is 148 Å². The van der Waals surface area contributed by atoms with Gasteiger partial charge in [0.15, 0.2) is 11.6 Å². The van der Waals surface area contributed by atoms with Crippen LogP contribution in [0.4, 0.5) is 33.2 Å². The topological polar surface area (TPSA) is 233 Å². The number of rotatable bonds is 22. The van der Waals surface area contributed by atoms with Crippen LogP contribution in [0, 0.1) is 18.2 Å². The van der Waals surface area contributed by atoms with Crippen LogP contribution in [0.1, 0.15) is 54.4 Å². The number of nitrogens with zero attached hydrogens (tertiary/aromatic N) is 6. The zero-order chi connectivity index (χ0) is 56.1. The van der Waals surface area contributed by atoms with Crippen LogP contribution >= 0.6 is 22.9 Å². The van der Waals surface area contributed by atoms with E-state index in [0.717, 1.165) is 33.5 Å². The highest BCUT2D eigenvalue weighted by Gasteiger charge is 2.44. The first kappa shape index (κ1) is 57.8. The molecule has 8 rings (SSSR count). The quantitative estimate of drug-likeness (QED) is 0.0377. The molecule has 3 atom stereocenters. The summed E-state index contributed by atoms with van der Waals surface area (Å²) < 4.78 is 26.2. The Bertz CT molecular complexity index is 3060. The van der Waals surface area contributed by atoms with Crippen molar-refractivity contribution in [1.82, 2.24) is 40.3 Å². The molecule has 6 aromatic rings. The first-order valence-electron chi connectivity index (χ1n) is 26.0. The van der Waals surface area contributed by atoms with Gasteiger partial charge in [0.1, 0.15) is 18.7 Å². The number of hydrogen-bond donors (Lipinski definition) is 6. The molecular weight excluding hydrogens is 1050 g/mol. The van der Waals surface area contributed by atoms with E-state index >= 15 is 0 Å². The number of para-hydroxylation sites is 1. The van der Waals surface area contributed by atoms with Gasteiger partial charge in [0.25, 0.3) is 5.91 Å². The molecule has 416 valence electrons. The number of hydrogen-bond acceptors (Lipinski definition) is 15. The number of piperazine rings is 1. The Morgan fingerprint density at radius 3 is 2.23 bits per heavy atom. The third-order valence-corrected chi connectivity index (χ3v) is 14.7. The fourth-order valence-electron chi connectivity index (χ4n) is 9.02. The molecule has 5 amide bonds. The van der Waals surface area contributed by atoms with E-state index in [4.69, 9.17) is 21.1 Å². The summed E-state index contributed by atoms with van der Waals surface area (Å²) in [6.45, 7) is 11.4. The van der Waals surface area contributed by atoms with E-state index in [1.807, 2.05) is 69.0 Å². The predicted molar refractivity (Wildman–Crippen MR) is 301 cm³/mol. The third-order valence-electron chi connectivity index (χ3n) is 13.4. The molecule has 79 heavy (non-hydrogen) atoms. The highest BCUT2D eigenvalue weighted by atomic mass is 35.5. The van der Waals surface area contributed by atoms with Crippen molar-refractivity contribution >= 4 is 81.3 Å². The molecule has 0 radical (unpaired) electrons. The standard InChI is InChI=1S/C57H65ClFN11O8S/c1-36-50(79-35-62-36)39-13-9-38(10-14-39)31-60-54(75)47-30-43(71)33-70(47)55(76)51(57(2,3)4)66-48(72)34-78-28-27-77-26-25-68-21-23-69(24-22-68)49(73)29-37-11-17-42(18-12-37)64-56-61-32-45(59)52(67-56)63-41-19-15-40(16-20-41)53(74)65-46-8-6-5-7-44(46)58/h5-20,32,35,43,47,51,71H,21-31,33-34H2,1-4H3,(H,60,75)(H,65,74)(H,66,72)(H2,61,63,64,67)/t43-,47+,51-/m1/s1. The number of ether oxygens (including phenoxy) is 2. The van der Waals surface area contributed by atoms with Crippen molar-refractivity contribution in [2.45, 2.75) is 65.3 Å². The zero-order valence-corrected chi connectivity index (χ0v) is 46.0. The number of halogens is 2. The molecule has 6 N–H and O–H groups in total. The molecule has 4 heterocycles. The van der Waals surface area contributed by atoms with Gasteiger partial charge in [0, 0.05) is 69.2 Å². The number of amides is 5. The Labute approximate surface area is 467 Å². The summed E-state index contributed by atoms with van der Waals surface area (Å²) in [5, 5.41) is 25.5. The van der Waals surface area contributed by atoms with Crippen LogP contribution in [0.5, 0.6) is 0 Å². The average Bonchev–Trinajstić information content (AvgIpc) is 4.10. The second kappa shape index (κ2) is 27.0. The fourth-order valence-corrected chi connectivity index (χ4v) is 10.0. The minimum Gasteiger partial charge on any atom is -0.391 e. The van der Waals surface area contributed by atoms with E-state index < -0.39 is 41.2 Å². The lowest BCUT2D eigenvalue weighted by molar-refractivity contribution is -0.144. The van der Waals surface area contributed by atoms with Crippen molar-refractivity contribution in [2.24, 2.45) is 5.41 Å². The van der Waals surface area contributed by atoms with E-state index in [-0.39, 0.29) is 75.2 Å². The summed E-state index contributed by atoms with van der Waals surface area (Å²) in [5.41, 5.74) is 6.82. The molecule has 2 aliphatic heterocycles. The number of aryl methyl sites for hydroxylation is 1. The van der Waals surface area contributed by atoms with Crippen LogP contribution in [0.15, 0.2) is 109 Å². The molecular formula is C57H65ClFN11O8S. The van der Waals surface area contributed by atoms with Crippen molar-refractivity contribution in [3.63, 3.8) is 0 Å². The number of carbonyl (C=O) groups excluding carboxylic acids is 5. The summed E-state index contributed by atoms with van der Waals surface area (Å²) in [4.78, 5) is 85.7. The Kier molecular flexibility index (Phi) is 19.7. The molecule has 0 unspecified atom stereocenters. The van der Waals surface area contributed by atoms with E-state index in [0.29, 0.717) is 67.0 Å². The molecule has 0 aliphatic carbocycles. The van der Waals surface area contributed by atoms with Gasteiger partial charge in [-0.1, -0.05) is 80.9 Å². The summed E-state index contributed by atoms with van der Waals surface area (Å²) in [6.07, 6.45) is 0.478. The lowest BCUT2D eigenvalue weighted by Crippen LogP contribution is -2.58. The van der Waals surface area contributed by atoms with Gasteiger partial charge >= 0.3 is 0 Å². The number of anilines is 5. The van der Waals surface area contributed by atoms with E-state index in [1.165, 1.54) is 4.90 Å². The molecule has 0 bridgehead atoms. The lowest BCUT2D eigenvalue weighted by atomic mass is 9.85. The minimum absolute atomic E-state index is 0.0152. The third kappa shape index (κ3) is 16.1. The largest absolute Gasteiger partial charge is 0.391 e. The first-order valence-corrected chi connectivity index (χ1v) is 27.2. The maximum absolute atomic E-state index is 14.8. The van der Waals surface area contributed by atoms with E-state index in [9.17, 15) is 33.5 Å². The van der Waals surface area contributed by atoms with E-state index in [2.05, 4.69) is 46.4 Å². The Morgan fingerprint density at radius 1 is 0.848 bits per heavy atom. The van der Waals surface area contributed by atoms with Crippen molar-refractivity contribution in [3.8, 4) is 10.4 Å². The average molecular weight is 1120 g/mol. The number of aromatic nitrogens is 3. The molecule has 4 aromatic carbocycles. The molecule has 2 saturated heterocycles. The van der Waals surface area contributed by atoms with Crippen LogP contribution in [0.3, 0.4) is 0 Å². The molecule has 19 nitrogen and oxygen atoms in total. The van der Waals surface area contributed by atoms with Crippen LogP contribution in [0.2, 0.25) is 5.02 Å². The normalized spacial score (nSPS) is 16.0. The SMILES string of the molecule is Cc1ncsc1-c1ccc(CNC(=O)[C@@H]2C[C@@H](O)CN2C(=O)[C@@H](NC(=O)COCCOCCN2CCN(C(=O)Cc3ccc(Nc4ncc(F)c(Nc5ccc(C(=O)Nc6ccccc6Cl)cc5)n4)cc3)CC2)C(C)(C)C)cc1. The second-order valence-electron chi connectivity index (χ2n) is 20.4. The molecule has 2 aromatic heterocycles. The van der Waals surface area contributed by atoms with Gasteiger partial charge in [-0.15, -0.1) is 11.3 Å². The Morgan fingerprint density at radius 2 is 1.53 bits per heavy atom. The molecule has 22 heteroatoms. The molecule has 0 saturated carbocycles. The number of nitrogens with one attached hydrogen (secondary N) is 5.